The van der Waals surface area contributed by atoms with Crippen molar-refractivity contribution in [3.05, 3.63) is 18.5 Å². The summed E-state index contributed by atoms with van der Waals surface area (Å²) in [4.78, 5) is 7.77. The summed E-state index contributed by atoms with van der Waals surface area (Å²) in [5, 5.41) is 2.37. The molecule has 0 atom stereocenters. The van der Waals surface area contributed by atoms with Gasteiger partial charge in [0.15, 0.2) is 16.9 Å². The highest BCUT2D eigenvalue weighted by Crippen LogP contribution is 2.18. The van der Waals surface area contributed by atoms with Gasteiger partial charge in [0.2, 0.25) is 5.95 Å². The lowest BCUT2D eigenvalue weighted by molar-refractivity contribution is 0.588. The Hall–Kier alpha value is -0.920. The molecule has 0 amide bonds. The summed E-state index contributed by atoms with van der Waals surface area (Å²) in [5.41, 5.74) is 0. The van der Waals surface area contributed by atoms with Crippen molar-refractivity contribution in [3.8, 4) is 0 Å². The van der Waals surface area contributed by atoms with E-state index in [0.29, 0.717) is 12.5 Å². The maximum Gasteiger partial charge on any atom is 0.222 e. The molecule has 0 saturated carbocycles. The summed E-state index contributed by atoms with van der Waals surface area (Å²) < 4.78 is 20.7. The molecule has 1 aromatic heterocycles. The van der Waals surface area contributed by atoms with E-state index in [1.165, 1.54) is 0 Å². The molecule has 1 N–H and O–H groups in total. The molecular weight excluding hydrogens is 208 g/mol. The van der Waals surface area contributed by atoms with Crippen LogP contribution in [0.5, 0.6) is 0 Å². The second kappa shape index (κ2) is 5.68. The Morgan fingerprint density at radius 2 is 1.92 bits per heavy atom. The van der Waals surface area contributed by atoms with Crippen LogP contribution in [0.4, 0.5) is 5.95 Å². The van der Waals surface area contributed by atoms with E-state index < -0.39 is 5.40 Å². The molecule has 7 heteroatoms. The van der Waals surface area contributed by atoms with Crippen molar-refractivity contribution in [1.82, 2.24) is 9.97 Å². The van der Waals surface area contributed by atoms with Gasteiger partial charge in [0.25, 0.3) is 0 Å². The van der Waals surface area contributed by atoms with Gasteiger partial charge in [0.1, 0.15) is 5.40 Å². The first-order chi connectivity index (χ1) is 6.36. The van der Waals surface area contributed by atoms with E-state index >= 15 is 0 Å². The molecule has 1 aromatic rings. The molecule has 68 valence electrons. The number of rotatable bonds is 5. The van der Waals surface area contributed by atoms with Crippen LogP contribution in [0, 0.1) is 0 Å². The summed E-state index contributed by atoms with van der Waals surface area (Å²) in [5.74, 6) is 0.444. The van der Waals surface area contributed by atoms with E-state index in [1.807, 2.05) is 0 Å². The Morgan fingerprint density at radius 3 is 2.46 bits per heavy atom. The van der Waals surface area contributed by atoms with Crippen LogP contribution in [-0.2, 0) is 9.13 Å². The van der Waals surface area contributed by atoms with E-state index in [-0.39, 0.29) is 16.9 Å². The SMILES string of the molecule is O=PC(CNc1ncccn1)P=O. The van der Waals surface area contributed by atoms with Crippen LogP contribution in [0.3, 0.4) is 0 Å². The largest absolute Gasteiger partial charge is 0.352 e. The van der Waals surface area contributed by atoms with Crippen LogP contribution < -0.4 is 5.32 Å². The molecule has 0 bridgehead atoms. The molecule has 0 fully saturated rings. The lowest BCUT2D eigenvalue weighted by Gasteiger charge is -2.02. The van der Waals surface area contributed by atoms with Gasteiger partial charge >= 0.3 is 0 Å². The van der Waals surface area contributed by atoms with Crippen molar-refractivity contribution in [3.63, 3.8) is 0 Å². The molecule has 0 aromatic carbocycles. The molecule has 5 nitrogen and oxygen atoms in total. The normalized spacial score (nSPS) is 12.9. The molecule has 0 saturated heterocycles. The van der Waals surface area contributed by atoms with Crippen molar-refractivity contribution >= 4 is 22.9 Å². The maximum atomic E-state index is 10.4. The fourth-order valence-corrected chi connectivity index (χ4v) is 1.15. The van der Waals surface area contributed by atoms with Crippen LogP contribution in [0.2, 0.25) is 0 Å². The Balaban J connectivity index is 2.42. The van der Waals surface area contributed by atoms with E-state index in [4.69, 9.17) is 0 Å². The van der Waals surface area contributed by atoms with E-state index in [0.717, 1.165) is 0 Å². The summed E-state index contributed by atoms with van der Waals surface area (Å²) in [6.45, 7) is 0.320. The van der Waals surface area contributed by atoms with Crippen LogP contribution in [-0.4, -0.2) is 21.9 Å². The highest BCUT2D eigenvalue weighted by molar-refractivity contribution is 7.44. The number of nitrogens with one attached hydrogen (secondary N) is 1. The van der Waals surface area contributed by atoms with Gasteiger partial charge in [0.05, 0.1) is 0 Å². The van der Waals surface area contributed by atoms with Crippen LogP contribution in [0.15, 0.2) is 18.5 Å². The predicted octanol–water partition coefficient (Wildman–Crippen LogP) is 1.80. The van der Waals surface area contributed by atoms with Gasteiger partial charge in [0, 0.05) is 18.9 Å². The quantitative estimate of drug-likeness (QED) is 0.758. The molecule has 1 heterocycles. The Bertz CT molecular complexity index is 274. The fraction of sp³-hybridized carbons (Fsp3) is 0.333. The van der Waals surface area contributed by atoms with Gasteiger partial charge in [-0.05, 0) is 6.07 Å². The molecule has 0 radical (unpaired) electrons. The Kier molecular flexibility index (Phi) is 4.44. The highest BCUT2D eigenvalue weighted by atomic mass is 31.1. The zero-order chi connectivity index (χ0) is 9.52. The molecule has 0 aliphatic carbocycles. The average molecular weight is 215 g/mol. The van der Waals surface area contributed by atoms with E-state index in [9.17, 15) is 9.13 Å². The summed E-state index contributed by atoms with van der Waals surface area (Å²) in [6, 6.07) is 1.69. The van der Waals surface area contributed by atoms with Crippen LogP contribution in [0.1, 0.15) is 0 Å². The van der Waals surface area contributed by atoms with Gasteiger partial charge in [-0.15, -0.1) is 0 Å². The monoisotopic (exact) mass is 215 g/mol. The van der Waals surface area contributed by atoms with Crippen molar-refractivity contribution in [2.45, 2.75) is 5.40 Å². The smallest absolute Gasteiger partial charge is 0.222 e. The topological polar surface area (TPSA) is 72.0 Å². The third kappa shape index (κ3) is 3.53. The Morgan fingerprint density at radius 1 is 1.31 bits per heavy atom. The lowest BCUT2D eigenvalue weighted by atomic mass is 10.6. The molecular formula is C6H7N3O2P2. The molecule has 1 rings (SSSR count). The average Bonchev–Trinajstić information content (AvgIpc) is 2.21. The van der Waals surface area contributed by atoms with Crippen molar-refractivity contribution in [1.29, 1.82) is 0 Å². The number of hydrogen-bond donors (Lipinski definition) is 1. The number of hydrogen-bond acceptors (Lipinski definition) is 5. The number of anilines is 1. The second-order valence-corrected chi connectivity index (χ2v) is 4.22. The zero-order valence-electron chi connectivity index (χ0n) is 6.62. The maximum absolute atomic E-state index is 10.4. The standard InChI is InChI=1S/C6H7N3O2P2/c10-12-5(13-11)4-9-6-7-2-1-3-8-6/h1-3,5H,4H2,(H,7,8,9). The summed E-state index contributed by atoms with van der Waals surface area (Å²) >= 11 is 0. The van der Waals surface area contributed by atoms with Crippen molar-refractivity contribution in [2.75, 3.05) is 11.9 Å². The van der Waals surface area contributed by atoms with Crippen molar-refractivity contribution in [2.24, 2.45) is 0 Å². The number of aromatic nitrogens is 2. The summed E-state index contributed by atoms with van der Waals surface area (Å²) in [7, 11) is -0.296. The van der Waals surface area contributed by atoms with E-state index in [1.54, 1.807) is 18.5 Å². The third-order valence-electron chi connectivity index (χ3n) is 1.25. The lowest BCUT2D eigenvalue weighted by Crippen LogP contribution is -2.10. The van der Waals surface area contributed by atoms with Crippen LogP contribution >= 0.6 is 16.9 Å². The van der Waals surface area contributed by atoms with Crippen molar-refractivity contribution < 1.29 is 9.13 Å². The molecule has 13 heavy (non-hydrogen) atoms. The number of nitrogens with zero attached hydrogens (tertiary/aromatic N) is 2. The van der Waals surface area contributed by atoms with Gasteiger partial charge in [-0.3, -0.25) is 9.13 Å². The minimum Gasteiger partial charge on any atom is -0.352 e. The van der Waals surface area contributed by atoms with E-state index in [2.05, 4.69) is 15.3 Å². The first-order valence-corrected chi connectivity index (χ1v) is 5.29. The van der Waals surface area contributed by atoms with Gasteiger partial charge in [-0.1, -0.05) is 0 Å². The molecule has 0 aliphatic heterocycles. The van der Waals surface area contributed by atoms with Gasteiger partial charge < -0.3 is 5.32 Å². The fourth-order valence-electron chi connectivity index (χ4n) is 0.667. The molecule has 0 aliphatic rings. The predicted molar refractivity (Wildman–Crippen MR) is 49.5 cm³/mol. The minimum absolute atomic E-state index is 0.148. The first kappa shape index (κ1) is 10.2. The zero-order valence-corrected chi connectivity index (χ0v) is 8.41. The third-order valence-corrected chi connectivity index (χ3v) is 2.67. The van der Waals surface area contributed by atoms with Gasteiger partial charge in [-0.2, -0.15) is 0 Å². The first-order valence-electron chi connectivity index (χ1n) is 3.52. The molecule has 0 unspecified atom stereocenters. The summed E-state index contributed by atoms with van der Waals surface area (Å²) in [6.07, 6.45) is 3.18. The van der Waals surface area contributed by atoms with Gasteiger partial charge in [-0.25, -0.2) is 9.97 Å². The highest BCUT2D eigenvalue weighted by Gasteiger charge is 2.07. The minimum atomic E-state index is -0.441. The second-order valence-electron chi connectivity index (χ2n) is 2.14. The molecule has 0 spiro atoms. The Labute approximate surface area is 78.4 Å². The van der Waals surface area contributed by atoms with Crippen LogP contribution in [0.25, 0.3) is 0 Å².